The summed E-state index contributed by atoms with van der Waals surface area (Å²) in [7, 11) is 0. The van der Waals surface area contributed by atoms with Crippen LogP contribution in [0.2, 0.25) is 0 Å². The standard InChI is InChI=1S/C24H37BrN2O5S/c1-5-11-26(15(3)4)22(30)20-24-14-16(25)19(33-24)17(23(31)32-6-2)18(24)21(29)27(20)12-9-7-8-10-13-28/h5,15-20,28H,1,6-14H2,2-4H3/t16?,17-,18-,19-,20?,24?/m0/s1. The van der Waals surface area contributed by atoms with Crippen LogP contribution in [0.25, 0.3) is 0 Å². The van der Waals surface area contributed by atoms with Crippen LogP contribution in [0.15, 0.2) is 12.7 Å². The molecular weight excluding hydrogens is 508 g/mol. The molecule has 0 aliphatic carbocycles. The van der Waals surface area contributed by atoms with Crippen molar-refractivity contribution in [3.63, 3.8) is 0 Å². The number of rotatable bonds is 12. The van der Waals surface area contributed by atoms with Crippen molar-refractivity contribution >= 4 is 45.5 Å². The van der Waals surface area contributed by atoms with Gasteiger partial charge in [0, 0.05) is 35.8 Å². The lowest BCUT2D eigenvalue weighted by Gasteiger charge is -2.39. The first kappa shape index (κ1) is 26.5. The molecule has 3 rings (SSSR count). The highest BCUT2D eigenvalue weighted by molar-refractivity contribution is 9.09. The van der Waals surface area contributed by atoms with Crippen molar-refractivity contribution in [3.05, 3.63) is 12.7 Å². The number of hydrogen-bond donors (Lipinski definition) is 1. The van der Waals surface area contributed by atoms with Crippen LogP contribution in [0.1, 0.15) is 52.9 Å². The van der Waals surface area contributed by atoms with E-state index in [4.69, 9.17) is 9.84 Å². The lowest BCUT2D eigenvalue weighted by molar-refractivity contribution is -0.153. The van der Waals surface area contributed by atoms with Crippen molar-refractivity contribution < 1.29 is 24.2 Å². The van der Waals surface area contributed by atoms with Crippen LogP contribution in [-0.2, 0) is 19.1 Å². The van der Waals surface area contributed by atoms with Crippen molar-refractivity contribution in [2.75, 3.05) is 26.3 Å². The van der Waals surface area contributed by atoms with Crippen LogP contribution in [0, 0.1) is 11.8 Å². The Hall–Kier alpha value is -1.06. The Morgan fingerprint density at radius 3 is 2.67 bits per heavy atom. The fourth-order valence-electron chi connectivity index (χ4n) is 5.76. The summed E-state index contributed by atoms with van der Waals surface area (Å²) in [6, 6.07) is -0.638. The van der Waals surface area contributed by atoms with Gasteiger partial charge in [-0.3, -0.25) is 14.4 Å². The molecule has 0 radical (unpaired) electrons. The van der Waals surface area contributed by atoms with E-state index in [9.17, 15) is 14.4 Å². The maximum atomic E-state index is 14.0. The number of halogens is 1. The number of carbonyl (C=O) groups excluding carboxylic acids is 3. The van der Waals surface area contributed by atoms with Crippen LogP contribution < -0.4 is 0 Å². The Labute approximate surface area is 209 Å². The summed E-state index contributed by atoms with van der Waals surface area (Å²) < 4.78 is 4.75. The van der Waals surface area contributed by atoms with E-state index in [1.807, 2.05) is 13.8 Å². The van der Waals surface area contributed by atoms with E-state index in [1.165, 1.54) is 0 Å². The maximum absolute atomic E-state index is 14.0. The molecule has 3 aliphatic rings. The van der Waals surface area contributed by atoms with Gasteiger partial charge in [0.05, 0.1) is 23.2 Å². The first-order valence-electron chi connectivity index (χ1n) is 12.1. The van der Waals surface area contributed by atoms with Crippen molar-refractivity contribution in [1.82, 2.24) is 9.80 Å². The highest BCUT2D eigenvalue weighted by Gasteiger charge is 2.76. The van der Waals surface area contributed by atoms with Gasteiger partial charge in [0.25, 0.3) is 0 Å². The smallest absolute Gasteiger partial charge is 0.310 e. The molecule has 3 heterocycles. The summed E-state index contributed by atoms with van der Waals surface area (Å²) in [5.74, 6) is -1.56. The number of fused-ring (bicyclic) bond motifs is 1. The van der Waals surface area contributed by atoms with E-state index in [-0.39, 0.29) is 47.1 Å². The number of hydrogen-bond acceptors (Lipinski definition) is 6. The maximum Gasteiger partial charge on any atom is 0.310 e. The van der Waals surface area contributed by atoms with Crippen LogP contribution in [0.3, 0.4) is 0 Å². The summed E-state index contributed by atoms with van der Waals surface area (Å²) in [6.07, 6.45) is 5.64. The van der Waals surface area contributed by atoms with Gasteiger partial charge < -0.3 is 19.6 Å². The number of alkyl halides is 1. The second-order valence-electron chi connectivity index (χ2n) is 9.46. The number of unbranched alkanes of at least 4 members (excludes halogenated alkanes) is 3. The minimum atomic E-state index is -0.635. The first-order valence-corrected chi connectivity index (χ1v) is 13.9. The largest absolute Gasteiger partial charge is 0.466 e. The van der Waals surface area contributed by atoms with E-state index in [0.717, 1.165) is 25.7 Å². The normalized spacial score (nSPS) is 32.4. The van der Waals surface area contributed by atoms with Gasteiger partial charge in [-0.15, -0.1) is 18.3 Å². The number of esters is 1. The zero-order valence-corrected chi connectivity index (χ0v) is 22.3. The van der Waals surface area contributed by atoms with Crippen LogP contribution >= 0.6 is 27.7 Å². The van der Waals surface area contributed by atoms with Crippen molar-refractivity contribution in [3.8, 4) is 0 Å². The molecule has 186 valence electrons. The summed E-state index contributed by atoms with van der Waals surface area (Å²) in [4.78, 5) is 44.4. The quantitative estimate of drug-likeness (QED) is 0.176. The summed E-state index contributed by atoms with van der Waals surface area (Å²) in [6.45, 7) is 10.9. The molecule has 3 unspecified atom stereocenters. The number of ether oxygens (including phenoxy) is 1. The number of amides is 2. The van der Waals surface area contributed by atoms with Gasteiger partial charge in [-0.25, -0.2) is 0 Å². The Kier molecular flexibility index (Phi) is 8.94. The van der Waals surface area contributed by atoms with Gasteiger partial charge in [-0.1, -0.05) is 34.8 Å². The van der Waals surface area contributed by atoms with Crippen LogP contribution in [-0.4, -0.2) is 85.9 Å². The number of likely N-dealkylation sites (tertiary alicyclic amines) is 1. The van der Waals surface area contributed by atoms with E-state index in [2.05, 4.69) is 22.5 Å². The predicted octanol–water partition coefficient (Wildman–Crippen LogP) is 2.99. The Morgan fingerprint density at radius 2 is 2.06 bits per heavy atom. The van der Waals surface area contributed by atoms with Gasteiger partial charge in [-0.2, -0.15) is 0 Å². The molecule has 9 heteroatoms. The monoisotopic (exact) mass is 544 g/mol. The number of carbonyl (C=O) groups is 3. The fourth-order valence-corrected chi connectivity index (χ4v) is 9.35. The molecule has 3 saturated heterocycles. The average molecular weight is 546 g/mol. The molecule has 7 nitrogen and oxygen atoms in total. The lowest BCUT2D eigenvalue weighted by Crippen LogP contribution is -2.56. The molecule has 1 spiro atoms. The minimum absolute atomic E-state index is 0.0309. The van der Waals surface area contributed by atoms with Gasteiger partial charge in [0.15, 0.2) is 0 Å². The van der Waals surface area contributed by atoms with E-state index in [0.29, 0.717) is 19.5 Å². The number of thioether (sulfide) groups is 1. The second-order valence-corrected chi connectivity index (χ2v) is 12.2. The van der Waals surface area contributed by atoms with E-state index >= 15 is 0 Å². The molecule has 0 aromatic carbocycles. The Morgan fingerprint density at radius 1 is 1.36 bits per heavy atom. The number of aliphatic hydroxyl groups excluding tert-OH is 1. The SMILES string of the molecule is C=CCN(C(=O)C1N(CCCCCCO)C(=O)[C@@H]2[C@H](C(=O)OCC)[C@H]3SC12CC3Br)C(C)C. The topological polar surface area (TPSA) is 87.2 Å². The molecule has 6 atom stereocenters. The van der Waals surface area contributed by atoms with Gasteiger partial charge in [0.2, 0.25) is 11.8 Å². The number of nitrogens with zero attached hydrogens (tertiary/aromatic N) is 2. The zero-order chi connectivity index (χ0) is 24.3. The van der Waals surface area contributed by atoms with Gasteiger partial charge >= 0.3 is 5.97 Å². The first-order chi connectivity index (χ1) is 15.7. The molecule has 0 saturated carbocycles. The third-order valence-corrected chi connectivity index (χ3v) is 10.3. The molecule has 3 aliphatic heterocycles. The van der Waals surface area contributed by atoms with E-state index in [1.54, 1.807) is 34.6 Å². The van der Waals surface area contributed by atoms with E-state index < -0.39 is 22.6 Å². The average Bonchev–Trinajstić information content (AvgIpc) is 3.35. The van der Waals surface area contributed by atoms with Crippen LogP contribution in [0.4, 0.5) is 0 Å². The predicted molar refractivity (Wildman–Crippen MR) is 133 cm³/mol. The van der Waals surface area contributed by atoms with Gasteiger partial charge in [0.1, 0.15) is 6.04 Å². The van der Waals surface area contributed by atoms with Crippen molar-refractivity contribution in [2.24, 2.45) is 11.8 Å². The highest BCUT2D eigenvalue weighted by atomic mass is 79.9. The molecule has 2 bridgehead atoms. The molecule has 3 fully saturated rings. The van der Waals surface area contributed by atoms with Crippen LogP contribution in [0.5, 0.6) is 0 Å². The van der Waals surface area contributed by atoms with Gasteiger partial charge in [-0.05, 0) is 40.0 Å². The van der Waals surface area contributed by atoms with Crippen molar-refractivity contribution in [2.45, 2.75) is 79.8 Å². The minimum Gasteiger partial charge on any atom is -0.466 e. The molecule has 0 aromatic heterocycles. The van der Waals surface area contributed by atoms with Crippen molar-refractivity contribution in [1.29, 1.82) is 0 Å². The third kappa shape index (κ3) is 4.74. The molecule has 1 N–H and O–H groups in total. The molecular formula is C24H37BrN2O5S. The second kappa shape index (κ2) is 11.1. The fraction of sp³-hybridized carbons (Fsp3) is 0.792. The summed E-state index contributed by atoms with van der Waals surface area (Å²) in [5, 5.41) is 8.98. The molecule has 33 heavy (non-hydrogen) atoms. The lowest BCUT2D eigenvalue weighted by atomic mass is 9.71. The molecule has 2 amide bonds. The zero-order valence-electron chi connectivity index (χ0n) is 19.9. The Bertz CT molecular complexity index is 765. The Balaban J connectivity index is 1.97. The summed E-state index contributed by atoms with van der Waals surface area (Å²) in [5.41, 5.74) is 0. The number of aliphatic hydroxyl groups is 1. The third-order valence-electron chi connectivity index (χ3n) is 7.12. The summed E-state index contributed by atoms with van der Waals surface area (Å²) >= 11 is 5.40. The molecule has 0 aromatic rings. The highest BCUT2D eigenvalue weighted by Crippen LogP contribution is 2.68.